The highest BCUT2D eigenvalue weighted by atomic mass is 35.5. The molecule has 1 rings (SSSR count). The molecule has 0 saturated heterocycles. The summed E-state index contributed by atoms with van der Waals surface area (Å²) in [7, 11) is 0. The lowest BCUT2D eigenvalue weighted by Gasteiger charge is -2.06. The molecule has 0 spiro atoms. The van der Waals surface area contributed by atoms with Crippen LogP contribution in [0.25, 0.3) is 0 Å². The molecule has 0 fully saturated rings. The van der Waals surface area contributed by atoms with E-state index in [0.29, 0.717) is 0 Å². The Balaban J connectivity index is 2.67. The largest absolute Gasteiger partial charge is 0.351 e. The van der Waals surface area contributed by atoms with Gasteiger partial charge in [0.05, 0.1) is 17.0 Å². The number of nitriles is 1. The molecule has 0 radical (unpaired) electrons. The fraction of sp³-hybridized carbons (Fsp3) is 0.273. The first kappa shape index (κ1) is 12.5. The van der Waals surface area contributed by atoms with Crippen molar-refractivity contribution in [1.82, 2.24) is 5.32 Å². The number of carbonyl (C=O) groups is 1. The third-order valence-corrected chi connectivity index (χ3v) is 2.26. The lowest BCUT2D eigenvalue weighted by Crippen LogP contribution is -2.27. The second-order valence-electron chi connectivity index (χ2n) is 3.37. The molecule has 1 aromatic carbocycles. The van der Waals surface area contributed by atoms with Gasteiger partial charge >= 0.3 is 0 Å². The van der Waals surface area contributed by atoms with Gasteiger partial charge in [-0.2, -0.15) is 5.26 Å². The van der Waals surface area contributed by atoms with Gasteiger partial charge in [-0.15, -0.1) is 0 Å². The normalized spacial score (nSPS) is 11.6. The Morgan fingerprint density at radius 1 is 1.69 bits per heavy atom. The van der Waals surface area contributed by atoms with Crippen LogP contribution in [0.15, 0.2) is 18.2 Å². The van der Waals surface area contributed by atoms with Gasteiger partial charge in [-0.25, -0.2) is 4.39 Å². The van der Waals surface area contributed by atoms with Crippen LogP contribution in [0, 0.1) is 23.1 Å². The number of rotatable bonds is 3. The molecule has 1 aromatic rings. The van der Waals surface area contributed by atoms with Crippen molar-refractivity contribution in [3.63, 3.8) is 0 Å². The van der Waals surface area contributed by atoms with Crippen molar-refractivity contribution in [3.05, 3.63) is 34.6 Å². The molecule has 84 valence electrons. The molecule has 1 N–H and O–H groups in total. The number of nitrogens with one attached hydrogen (secondary N) is 1. The van der Waals surface area contributed by atoms with Crippen molar-refractivity contribution in [3.8, 4) is 6.07 Å². The zero-order valence-electron chi connectivity index (χ0n) is 8.63. The summed E-state index contributed by atoms with van der Waals surface area (Å²) in [6, 6.07) is 5.72. The highest BCUT2D eigenvalue weighted by molar-refractivity contribution is 6.31. The summed E-state index contributed by atoms with van der Waals surface area (Å²) in [5.74, 6) is -1.20. The highest BCUT2D eigenvalue weighted by Gasteiger charge is 2.09. The molecule has 0 aromatic heterocycles. The summed E-state index contributed by atoms with van der Waals surface area (Å²) in [5, 5.41) is 11.0. The predicted molar refractivity (Wildman–Crippen MR) is 58.5 cm³/mol. The van der Waals surface area contributed by atoms with Crippen LogP contribution in [0.5, 0.6) is 0 Å². The molecule has 0 heterocycles. The van der Waals surface area contributed by atoms with Crippen LogP contribution in [0.4, 0.5) is 4.39 Å². The van der Waals surface area contributed by atoms with E-state index in [1.807, 2.05) is 6.07 Å². The topological polar surface area (TPSA) is 52.9 Å². The van der Waals surface area contributed by atoms with E-state index in [-0.39, 0.29) is 29.0 Å². The van der Waals surface area contributed by atoms with E-state index in [1.165, 1.54) is 12.1 Å². The van der Waals surface area contributed by atoms with E-state index in [2.05, 4.69) is 5.32 Å². The first-order valence-electron chi connectivity index (χ1n) is 4.67. The number of hydrogen-bond donors (Lipinski definition) is 1. The van der Waals surface area contributed by atoms with Crippen LogP contribution >= 0.6 is 11.6 Å². The van der Waals surface area contributed by atoms with Gasteiger partial charge in [-0.3, -0.25) is 4.79 Å². The number of benzene rings is 1. The number of halogens is 2. The van der Waals surface area contributed by atoms with Gasteiger partial charge < -0.3 is 5.32 Å². The second-order valence-corrected chi connectivity index (χ2v) is 3.78. The molecule has 0 bridgehead atoms. The summed E-state index contributed by atoms with van der Waals surface area (Å²) in [4.78, 5) is 11.5. The third-order valence-electron chi connectivity index (χ3n) is 1.97. The Morgan fingerprint density at radius 2 is 2.38 bits per heavy atom. The minimum absolute atomic E-state index is 0.0963. The predicted octanol–water partition coefficient (Wildman–Crippen LogP) is 2.37. The number of nitrogens with zero attached hydrogens (tertiary/aromatic N) is 1. The minimum atomic E-state index is -0.566. The van der Waals surface area contributed by atoms with Gasteiger partial charge in [-0.1, -0.05) is 11.6 Å². The molecule has 0 saturated carbocycles. The van der Waals surface area contributed by atoms with Crippen molar-refractivity contribution in [2.75, 3.05) is 6.54 Å². The summed E-state index contributed by atoms with van der Waals surface area (Å²) in [6.45, 7) is 1.95. The van der Waals surface area contributed by atoms with Crippen LogP contribution in [-0.2, 0) is 0 Å². The molecule has 1 atom stereocenters. The third kappa shape index (κ3) is 3.21. The molecule has 16 heavy (non-hydrogen) atoms. The Hall–Kier alpha value is -1.60. The highest BCUT2D eigenvalue weighted by Crippen LogP contribution is 2.15. The summed E-state index contributed by atoms with van der Waals surface area (Å²) in [5.41, 5.74) is 0.275. The average Bonchev–Trinajstić information content (AvgIpc) is 2.29. The van der Waals surface area contributed by atoms with Gasteiger partial charge in [0.25, 0.3) is 5.91 Å². The van der Waals surface area contributed by atoms with E-state index in [1.54, 1.807) is 6.92 Å². The van der Waals surface area contributed by atoms with Crippen molar-refractivity contribution >= 4 is 17.5 Å². The van der Waals surface area contributed by atoms with Gasteiger partial charge in [0.15, 0.2) is 0 Å². The number of hydrogen-bond acceptors (Lipinski definition) is 2. The van der Waals surface area contributed by atoms with Crippen molar-refractivity contribution in [1.29, 1.82) is 5.26 Å². The zero-order chi connectivity index (χ0) is 12.1. The maximum atomic E-state index is 12.8. The van der Waals surface area contributed by atoms with Gasteiger partial charge in [0, 0.05) is 12.1 Å². The summed E-state index contributed by atoms with van der Waals surface area (Å²) < 4.78 is 12.8. The molecule has 0 aliphatic carbocycles. The summed E-state index contributed by atoms with van der Waals surface area (Å²) >= 11 is 5.54. The van der Waals surface area contributed by atoms with E-state index >= 15 is 0 Å². The van der Waals surface area contributed by atoms with Crippen molar-refractivity contribution in [2.45, 2.75) is 6.92 Å². The number of carbonyl (C=O) groups excluding carboxylic acids is 1. The first-order chi connectivity index (χ1) is 7.54. The SMILES string of the molecule is CC(C#N)CNC(=O)c1ccc(F)c(Cl)c1. The van der Waals surface area contributed by atoms with Crippen LogP contribution in [0.3, 0.4) is 0 Å². The molecule has 0 aliphatic rings. The van der Waals surface area contributed by atoms with Gasteiger partial charge in [-0.05, 0) is 25.1 Å². The standard InChI is InChI=1S/C11H10ClFN2O/c1-7(5-14)6-15-11(16)8-2-3-10(13)9(12)4-8/h2-4,7H,6H2,1H3,(H,15,16). The lowest BCUT2D eigenvalue weighted by molar-refractivity contribution is 0.0950. The molecular formula is C11H10ClFN2O. The number of amides is 1. The molecule has 3 nitrogen and oxygen atoms in total. The quantitative estimate of drug-likeness (QED) is 0.882. The van der Waals surface area contributed by atoms with Gasteiger partial charge in [0.2, 0.25) is 0 Å². The maximum absolute atomic E-state index is 12.8. The monoisotopic (exact) mass is 240 g/mol. The Labute approximate surface area is 97.8 Å². The minimum Gasteiger partial charge on any atom is -0.351 e. The van der Waals surface area contributed by atoms with E-state index < -0.39 is 5.82 Å². The van der Waals surface area contributed by atoms with Crippen molar-refractivity contribution < 1.29 is 9.18 Å². The fourth-order valence-electron chi connectivity index (χ4n) is 1.03. The molecular weight excluding hydrogens is 231 g/mol. The zero-order valence-corrected chi connectivity index (χ0v) is 9.38. The lowest BCUT2D eigenvalue weighted by atomic mass is 10.2. The molecule has 0 aliphatic heterocycles. The van der Waals surface area contributed by atoms with E-state index in [4.69, 9.17) is 16.9 Å². The Morgan fingerprint density at radius 3 is 2.94 bits per heavy atom. The van der Waals surface area contributed by atoms with Crippen LogP contribution in [-0.4, -0.2) is 12.5 Å². The molecule has 1 amide bonds. The second kappa shape index (κ2) is 5.47. The smallest absolute Gasteiger partial charge is 0.251 e. The first-order valence-corrected chi connectivity index (χ1v) is 5.05. The average molecular weight is 241 g/mol. The van der Waals surface area contributed by atoms with E-state index in [0.717, 1.165) is 6.07 Å². The van der Waals surface area contributed by atoms with Gasteiger partial charge in [0.1, 0.15) is 5.82 Å². The fourth-order valence-corrected chi connectivity index (χ4v) is 1.21. The van der Waals surface area contributed by atoms with E-state index in [9.17, 15) is 9.18 Å². The molecule has 5 heteroatoms. The maximum Gasteiger partial charge on any atom is 0.251 e. The van der Waals surface area contributed by atoms with Crippen LogP contribution < -0.4 is 5.32 Å². The molecule has 1 unspecified atom stereocenters. The van der Waals surface area contributed by atoms with Crippen LogP contribution in [0.2, 0.25) is 5.02 Å². The van der Waals surface area contributed by atoms with Crippen molar-refractivity contribution in [2.24, 2.45) is 5.92 Å². The van der Waals surface area contributed by atoms with Crippen LogP contribution in [0.1, 0.15) is 17.3 Å². The Kier molecular flexibility index (Phi) is 4.27. The Bertz CT molecular complexity index is 442. The summed E-state index contributed by atoms with van der Waals surface area (Å²) in [6.07, 6.45) is 0.